The third-order valence-corrected chi connectivity index (χ3v) is 2.61. The number of rotatable bonds is 5. The molecule has 0 spiro atoms. The minimum absolute atomic E-state index is 0.793. The fraction of sp³-hybridized carbons (Fsp3) is 0.357. The van der Waals surface area contributed by atoms with E-state index < -0.39 is 0 Å². The Bertz CT molecular complexity index is 496. The second-order valence-corrected chi connectivity index (χ2v) is 4.08. The minimum Gasteiger partial charge on any atom is -0.370 e. The maximum atomic E-state index is 4.55. The van der Waals surface area contributed by atoms with E-state index in [0.29, 0.717) is 0 Å². The SMILES string of the molecule is CCNc1cc(Cc2cccnc2)nc(CC)n1. The maximum absolute atomic E-state index is 4.55. The van der Waals surface area contributed by atoms with Crippen molar-refractivity contribution in [2.75, 3.05) is 11.9 Å². The van der Waals surface area contributed by atoms with Crippen LogP contribution < -0.4 is 5.32 Å². The highest BCUT2D eigenvalue weighted by atomic mass is 15.0. The summed E-state index contributed by atoms with van der Waals surface area (Å²) in [5.74, 6) is 1.79. The van der Waals surface area contributed by atoms with Gasteiger partial charge in [-0.05, 0) is 18.6 Å². The van der Waals surface area contributed by atoms with E-state index in [-0.39, 0.29) is 0 Å². The summed E-state index contributed by atoms with van der Waals surface area (Å²) in [4.78, 5) is 13.1. The highest BCUT2D eigenvalue weighted by molar-refractivity contribution is 5.37. The summed E-state index contributed by atoms with van der Waals surface area (Å²) >= 11 is 0. The Morgan fingerprint density at radius 3 is 2.78 bits per heavy atom. The smallest absolute Gasteiger partial charge is 0.130 e. The molecule has 4 nitrogen and oxygen atoms in total. The van der Waals surface area contributed by atoms with Crippen LogP contribution in [-0.4, -0.2) is 21.5 Å². The van der Waals surface area contributed by atoms with Gasteiger partial charge in [0.05, 0.1) is 5.69 Å². The molecule has 0 fully saturated rings. The Morgan fingerprint density at radius 1 is 1.22 bits per heavy atom. The molecule has 0 bridgehead atoms. The number of hydrogen-bond acceptors (Lipinski definition) is 4. The molecule has 4 heteroatoms. The molecule has 0 aliphatic rings. The molecule has 2 heterocycles. The van der Waals surface area contributed by atoms with Crippen LogP contribution in [0.5, 0.6) is 0 Å². The number of hydrogen-bond donors (Lipinski definition) is 1. The molecule has 2 aromatic rings. The van der Waals surface area contributed by atoms with Crippen LogP contribution in [0.2, 0.25) is 0 Å². The number of nitrogens with one attached hydrogen (secondary N) is 1. The largest absolute Gasteiger partial charge is 0.370 e. The summed E-state index contributed by atoms with van der Waals surface area (Å²) < 4.78 is 0. The van der Waals surface area contributed by atoms with Gasteiger partial charge >= 0.3 is 0 Å². The Balaban J connectivity index is 2.24. The predicted molar refractivity (Wildman–Crippen MR) is 72.6 cm³/mol. The van der Waals surface area contributed by atoms with Gasteiger partial charge in [-0.3, -0.25) is 4.98 Å². The van der Waals surface area contributed by atoms with Gasteiger partial charge in [-0.15, -0.1) is 0 Å². The van der Waals surface area contributed by atoms with Crippen LogP contribution in [0.3, 0.4) is 0 Å². The molecule has 0 aromatic carbocycles. The molecule has 0 saturated carbocycles. The Morgan fingerprint density at radius 2 is 2.11 bits per heavy atom. The number of nitrogens with zero attached hydrogens (tertiary/aromatic N) is 3. The first-order chi connectivity index (χ1) is 8.81. The van der Waals surface area contributed by atoms with Gasteiger partial charge in [-0.2, -0.15) is 0 Å². The highest BCUT2D eigenvalue weighted by Crippen LogP contribution is 2.11. The van der Waals surface area contributed by atoms with E-state index in [2.05, 4.69) is 40.2 Å². The predicted octanol–water partition coefficient (Wildman–Crippen LogP) is 2.46. The van der Waals surface area contributed by atoms with Crippen LogP contribution >= 0.6 is 0 Å². The molecule has 0 aliphatic carbocycles. The third kappa shape index (κ3) is 3.26. The molecule has 0 saturated heterocycles. The number of aromatic nitrogens is 3. The quantitative estimate of drug-likeness (QED) is 0.875. The van der Waals surface area contributed by atoms with Gasteiger partial charge in [-0.25, -0.2) is 9.97 Å². The molecule has 0 unspecified atom stereocenters. The van der Waals surface area contributed by atoms with Crippen LogP contribution in [0, 0.1) is 0 Å². The van der Waals surface area contributed by atoms with E-state index in [4.69, 9.17) is 0 Å². The number of pyridine rings is 1. The van der Waals surface area contributed by atoms with Gasteiger partial charge in [0, 0.05) is 37.8 Å². The molecule has 2 rings (SSSR count). The van der Waals surface area contributed by atoms with Gasteiger partial charge in [0.15, 0.2) is 0 Å². The number of anilines is 1. The lowest BCUT2D eigenvalue weighted by atomic mass is 10.1. The molecule has 0 amide bonds. The first-order valence-electron chi connectivity index (χ1n) is 6.31. The zero-order valence-electron chi connectivity index (χ0n) is 10.8. The molecule has 0 atom stereocenters. The van der Waals surface area contributed by atoms with Crippen molar-refractivity contribution >= 4 is 5.82 Å². The zero-order chi connectivity index (χ0) is 12.8. The van der Waals surface area contributed by atoms with E-state index in [1.165, 1.54) is 5.56 Å². The first-order valence-corrected chi connectivity index (χ1v) is 6.31. The van der Waals surface area contributed by atoms with Crippen LogP contribution in [0.4, 0.5) is 5.82 Å². The van der Waals surface area contributed by atoms with Crippen molar-refractivity contribution < 1.29 is 0 Å². The maximum Gasteiger partial charge on any atom is 0.130 e. The summed E-state index contributed by atoms with van der Waals surface area (Å²) in [7, 11) is 0. The van der Waals surface area contributed by atoms with Gasteiger partial charge in [0.1, 0.15) is 11.6 Å². The standard InChI is InChI=1S/C14H18N4/c1-3-13-17-12(9-14(18-13)16-4-2)8-11-6-5-7-15-10-11/h5-7,9-10H,3-4,8H2,1-2H3,(H,16,17,18). The fourth-order valence-electron chi connectivity index (χ4n) is 1.78. The van der Waals surface area contributed by atoms with Crippen molar-refractivity contribution in [3.8, 4) is 0 Å². The molecule has 18 heavy (non-hydrogen) atoms. The molecule has 2 aromatic heterocycles. The highest BCUT2D eigenvalue weighted by Gasteiger charge is 2.04. The molecule has 1 N–H and O–H groups in total. The lowest BCUT2D eigenvalue weighted by Crippen LogP contribution is -2.06. The van der Waals surface area contributed by atoms with Gasteiger partial charge in [0.25, 0.3) is 0 Å². The van der Waals surface area contributed by atoms with Crippen molar-refractivity contribution in [2.45, 2.75) is 26.7 Å². The van der Waals surface area contributed by atoms with Gasteiger partial charge in [0.2, 0.25) is 0 Å². The lowest BCUT2D eigenvalue weighted by Gasteiger charge is -2.08. The van der Waals surface area contributed by atoms with E-state index in [1.54, 1.807) is 6.20 Å². The normalized spacial score (nSPS) is 10.3. The van der Waals surface area contributed by atoms with Crippen LogP contribution in [0.15, 0.2) is 30.6 Å². The van der Waals surface area contributed by atoms with E-state index in [0.717, 1.165) is 36.7 Å². The molecule has 94 valence electrons. The Kier molecular flexibility index (Phi) is 4.23. The Labute approximate surface area is 108 Å². The summed E-state index contributed by atoms with van der Waals surface area (Å²) in [5, 5.41) is 3.24. The summed E-state index contributed by atoms with van der Waals surface area (Å²) in [5.41, 5.74) is 2.20. The molecule has 0 radical (unpaired) electrons. The average Bonchev–Trinajstić information content (AvgIpc) is 2.40. The molecular formula is C14H18N4. The second kappa shape index (κ2) is 6.10. The second-order valence-electron chi connectivity index (χ2n) is 4.08. The minimum atomic E-state index is 0.793. The molecule has 0 aliphatic heterocycles. The van der Waals surface area contributed by atoms with E-state index in [1.807, 2.05) is 18.3 Å². The van der Waals surface area contributed by atoms with Crippen LogP contribution in [-0.2, 0) is 12.8 Å². The summed E-state index contributed by atoms with van der Waals surface area (Å²) in [6, 6.07) is 6.02. The van der Waals surface area contributed by atoms with Crippen LogP contribution in [0.1, 0.15) is 30.9 Å². The first kappa shape index (κ1) is 12.5. The van der Waals surface area contributed by atoms with Crippen molar-refractivity contribution in [3.05, 3.63) is 47.7 Å². The van der Waals surface area contributed by atoms with Crippen molar-refractivity contribution in [1.29, 1.82) is 0 Å². The number of aryl methyl sites for hydroxylation is 1. The fourth-order valence-corrected chi connectivity index (χ4v) is 1.78. The average molecular weight is 242 g/mol. The summed E-state index contributed by atoms with van der Waals surface area (Å²) in [6.07, 6.45) is 5.30. The summed E-state index contributed by atoms with van der Waals surface area (Å²) in [6.45, 7) is 5.00. The van der Waals surface area contributed by atoms with Crippen molar-refractivity contribution in [3.63, 3.8) is 0 Å². The van der Waals surface area contributed by atoms with Gasteiger partial charge < -0.3 is 5.32 Å². The molecular weight excluding hydrogens is 224 g/mol. The van der Waals surface area contributed by atoms with E-state index in [9.17, 15) is 0 Å². The zero-order valence-corrected chi connectivity index (χ0v) is 10.8. The topological polar surface area (TPSA) is 50.7 Å². The lowest BCUT2D eigenvalue weighted by molar-refractivity contribution is 0.894. The third-order valence-electron chi connectivity index (χ3n) is 2.61. The van der Waals surface area contributed by atoms with Crippen LogP contribution in [0.25, 0.3) is 0 Å². The Hall–Kier alpha value is -1.97. The monoisotopic (exact) mass is 242 g/mol. The van der Waals surface area contributed by atoms with Crippen molar-refractivity contribution in [2.24, 2.45) is 0 Å². The van der Waals surface area contributed by atoms with E-state index >= 15 is 0 Å². The van der Waals surface area contributed by atoms with Crippen molar-refractivity contribution in [1.82, 2.24) is 15.0 Å². The van der Waals surface area contributed by atoms with Gasteiger partial charge in [-0.1, -0.05) is 13.0 Å².